The highest BCUT2D eigenvalue weighted by atomic mass is 32.2. The molecule has 3 heterocycles. The van der Waals surface area contributed by atoms with Crippen LogP contribution in [0, 0.1) is 5.92 Å². The van der Waals surface area contributed by atoms with Gasteiger partial charge >= 0.3 is 0 Å². The van der Waals surface area contributed by atoms with Crippen LogP contribution in [0.25, 0.3) is 10.2 Å². The Morgan fingerprint density at radius 2 is 2.35 bits per heavy atom. The second-order valence-electron chi connectivity index (χ2n) is 6.76. The minimum atomic E-state index is -0.0487. The maximum atomic E-state index is 12.8. The Kier molecular flexibility index (Phi) is 6.19. The van der Waals surface area contributed by atoms with E-state index in [9.17, 15) is 9.59 Å². The topological polar surface area (TPSA) is 55.2 Å². The van der Waals surface area contributed by atoms with E-state index < -0.39 is 0 Å². The van der Waals surface area contributed by atoms with E-state index in [1.54, 1.807) is 22.0 Å². The standard InChI is InChI=1S/C19H25N3O2S2/c1-4-8-22-18(24)15-10-14(5-2)26-17(15)20-19(22)25-12-16(23)21-9-6-7-13(3)11-21/h4,10,13H,1,5-9,11-12H2,2-3H3/t13-/m0/s1. The van der Waals surface area contributed by atoms with Crippen molar-refractivity contribution in [2.24, 2.45) is 5.92 Å². The van der Waals surface area contributed by atoms with Gasteiger partial charge < -0.3 is 4.90 Å². The molecule has 2 aromatic rings. The molecule has 0 aromatic carbocycles. The van der Waals surface area contributed by atoms with Crippen LogP contribution in [0.1, 0.15) is 31.6 Å². The summed E-state index contributed by atoms with van der Waals surface area (Å²) in [6.07, 6.45) is 4.83. The van der Waals surface area contributed by atoms with Gasteiger partial charge in [0.2, 0.25) is 5.91 Å². The number of carbonyl (C=O) groups excluding carboxylic acids is 1. The quantitative estimate of drug-likeness (QED) is 0.429. The van der Waals surface area contributed by atoms with Gasteiger partial charge in [-0.3, -0.25) is 14.2 Å². The lowest BCUT2D eigenvalue weighted by Gasteiger charge is -2.30. The molecule has 1 fully saturated rings. The Balaban J connectivity index is 1.83. The first-order valence-corrected chi connectivity index (χ1v) is 10.9. The second kappa shape index (κ2) is 8.39. The van der Waals surface area contributed by atoms with Gasteiger partial charge in [-0.25, -0.2) is 4.98 Å². The lowest BCUT2D eigenvalue weighted by atomic mass is 10.0. The molecule has 0 spiro atoms. The average molecular weight is 392 g/mol. The van der Waals surface area contributed by atoms with E-state index in [1.165, 1.54) is 18.2 Å². The molecular weight excluding hydrogens is 366 g/mol. The van der Waals surface area contributed by atoms with E-state index in [0.717, 1.165) is 35.6 Å². The number of nitrogens with zero attached hydrogens (tertiary/aromatic N) is 3. The van der Waals surface area contributed by atoms with Gasteiger partial charge in [-0.15, -0.1) is 17.9 Å². The normalized spacial score (nSPS) is 17.6. The number of thiophene rings is 1. The number of allylic oxidation sites excluding steroid dienone is 1. The van der Waals surface area contributed by atoms with Crippen LogP contribution in [0.15, 0.2) is 28.7 Å². The van der Waals surface area contributed by atoms with Crippen LogP contribution in [0.3, 0.4) is 0 Å². The molecule has 0 saturated carbocycles. The molecular formula is C19H25N3O2S2. The Bertz CT molecular complexity index is 872. The SMILES string of the molecule is C=CCn1c(SCC(=O)N2CCC[C@H](C)C2)nc2sc(CC)cc2c1=O. The van der Waals surface area contributed by atoms with E-state index >= 15 is 0 Å². The zero-order valence-electron chi connectivity index (χ0n) is 15.4. The summed E-state index contributed by atoms with van der Waals surface area (Å²) in [6.45, 7) is 10.1. The minimum Gasteiger partial charge on any atom is -0.342 e. The number of thioether (sulfide) groups is 1. The highest BCUT2D eigenvalue weighted by Gasteiger charge is 2.22. The summed E-state index contributed by atoms with van der Waals surface area (Å²) in [7, 11) is 0. The Labute approximate surface area is 162 Å². The molecule has 1 aliphatic rings. The molecule has 26 heavy (non-hydrogen) atoms. The fourth-order valence-electron chi connectivity index (χ4n) is 3.26. The van der Waals surface area contributed by atoms with Crippen LogP contribution >= 0.6 is 23.1 Å². The van der Waals surface area contributed by atoms with E-state index in [4.69, 9.17) is 0 Å². The molecule has 1 amide bonds. The Morgan fingerprint density at radius 3 is 3.04 bits per heavy atom. The summed E-state index contributed by atoms with van der Waals surface area (Å²) in [5.74, 6) is 1.000. The summed E-state index contributed by atoms with van der Waals surface area (Å²) >= 11 is 2.91. The predicted molar refractivity (Wildman–Crippen MR) is 109 cm³/mol. The molecule has 3 rings (SSSR count). The number of hydrogen-bond donors (Lipinski definition) is 0. The number of hydrogen-bond acceptors (Lipinski definition) is 5. The molecule has 0 unspecified atom stereocenters. The molecule has 1 aliphatic heterocycles. The van der Waals surface area contributed by atoms with Gasteiger partial charge in [0.15, 0.2) is 5.16 Å². The number of aromatic nitrogens is 2. The molecule has 0 radical (unpaired) electrons. The number of likely N-dealkylation sites (tertiary alicyclic amines) is 1. The molecule has 140 valence electrons. The van der Waals surface area contributed by atoms with Crippen molar-refractivity contribution in [3.63, 3.8) is 0 Å². The molecule has 0 aliphatic carbocycles. The van der Waals surface area contributed by atoms with Crippen LogP contribution in [-0.2, 0) is 17.8 Å². The van der Waals surface area contributed by atoms with Crippen molar-refractivity contribution in [3.05, 3.63) is 34.0 Å². The smallest absolute Gasteiger partial charge is 0.263 e. The summed E-state index contributed by atoms with van der Waals surface area (Å²) in [5.41, 5.74) is -0.0487. The van der Waals surface area contributed by atoms with Crippen LogP contribution in [0.2, 0.25) is 0 Å². The van der Waals surface area contributed by atoms with Crippen molar-refractivity contribution >= 4 is 39.2 Å². The van der Waals surface area contributed by atoms with Crippen molar-refractivity contribution < 1.29 is 4.79 Å². The average Bonchev–Trinajstić information content (AvgIpc) is 3.06. The second-order valence-corrected chi connectivity index (χ2v) is 8.82. The maximum absolute atomic E-state index is 12.8. The largest absolute Gasteiger partial charge is 0.342 e. The van der Waals surface area contributed by atoms with Crippen LogP contribution < -0.4 is 5.56 Å². The number of rotatable bonds is 6. The monoisotopic (exact) mass is 391 g/mol. The lowest BCUT2D eigenvalue weighted by molar-refractivity contribution is -0.130. The van der Waals surface area contributed by atoms with Gasteiger partial charge in [0, 0.05) is 24.5 Å². The van der Waals surface area contributed by atoms with Gasteiger partial charge in [0.05, 0.1) is 11.1 Å². The minimum absolute atomic E-state index is 0.0487. The van der Waals surface area contributed by atoms with Gasteiger partial charge in [0.25, 0.3) is 5.56 Å². The van der Waals surface area contributed by atoms with Crippen molar-refractivity contribution in [3.8, 4) is 0 Å². The third-order valence-electron chi connectivity index (χ3n) is 4.66. The van der Waals surface area contributed by atoms with E-state index in [-0.39, 0.29) is 11.5 Å². The summed E-state index contributed by atoms with van der Waals surface area (Å²) in [5, 5.41) is 1.26. The first-order valence-electron chi connectivity index (χ1n) is 9.08. The fourth-order valence-corrected chi connectivity index (χ4v) is 5.17. The van der Waals surface area contributed by atoms with Crippen molar-refractivity contribution in [2.75, 3.05) is 18.8 Å². The van der Waals surface area contributed by atoms with E-state index in [2.05, 4.69) is 25.4 Å². The van der Waals surface area contributed by atoms with Gasteiger partial charge in [0.1, 0.15) is 4.83 Å². The summed E-state index contributed by atoms with van der Waals surface area (Å²) in [6, 6.07) is 1.93. The molecule has 0 bridgehead atoms. The lowest BCUT2D eigenvalue weighted by Crippen LogP contribution is -2.40. The zero-order valence-corrected chi connectivity index (χ0v) is 17.0. The first kappa shape index (κ1) is 19.2. The Hall–Kier alpha value is -1.60. The fraction of sp³-hybridized carbons (Fsp3) is 0.526. The number of piperidine rings is 1. The number of aryl methyl sites for hydroxylation is 1. The number of fused-ring (bicyclic) bond motifs is 1. The first-order chi connectivity index (χ1) is 12.5. The summed E-state index contributed by atoms with van der Waals surface area (Å²) in [4.78, 5) is 33.9. The van der Waals surface area contributed by atoms with Crippen molar-refractivity contribution in [1.82, 2.24) is 14.5 Å². The van der Waals surface area contributed by atoms with Crippen LogP contribution in [0.5, 0.6) is 0 Å². The molecule has 0 N–H and O–H groups in total. The van der Waals surface area contributed by atoms with E-state index in [0.29, 0.717) is 28.8 Å². The van der Waals surface area contributed by atoms with Gasteiger partial charge in [-0.2, -0.15) is 0 Å². The van der Waals surface area contributed by atoms with Gasteiger partial charge in [-0.05, 0) is 31.2 Å². The highest BCUT2D eigenvalue weighted by Crippen LogP contribution is 2.26. The third kappa shape index (κ3) is 4.04. The molecule has 7 heteroatoms. The molecule has 1 atom stereocenters. The number of amides is 1. The van der Waals surface area contributed by atoms with Gasteiger partial charge in [-0.1, -0.05) is 31.7 Å². The maximum Gasteiger partial charge on any atom is 0.263 e. The number of carbonyl (C=O) groups is 1. The van der Waals surface area contributed by atoms with Crippen molar-refractivity contribution in [2.45, 2.75) is 44.8 Å². The predicted octanol–water partition coefficient (Wildman–Crippen LogP) is 3.56. The van der Waals surface area contributed by atoms with Crippen molar-refractivity contribution in [1.29, 1.82) is 0 Å². The van der Waals surface area contributed by atoms with Crippen LogP contribution in [0.4, 0.5) is 0 Å². The summed E-state index contributed by atoms with van der Waals surface area (Å²) < 4.78 is 1.62. The Morgan fingerprint density at radius 1 is 1.54 bits per heavy atom. The zero-order chi connectivity index (χ0) is 18.7. The molecule has 1 saturated heterocycles. The highest BCUT2D eigenvalue weighted by molar-refractivity contribution is 7.99. The third-order valence-corrected chi connectivity index (χ3v) is 6.80. The van der Waals surface area contributed by atoms with Crippen LogP contribution in [-0.4, -0.2) is 39.2 Å². The molecule has 5 nitrogen and oxygen atoms in total. The van der Waals surface area contributed by atoms with E-state index in [1.807, 2.05) is 11.0 Å². The molecule has 2 aromatic heterocycles.